The first-order valence-electron chi connectivity index (χ1n) is 8.01. The maximum absolute atomic E-state index is 12.2. The molecule has 0 aliphatic heterocycles. The number of amides is 1. The molecule has 132 valence electrons. The zero-order valence-electron chi connectivity index (χ0n) is 13.7. The third-order valence-corrected chi connectivity index (χ3v) is 4.96. The number of pyridine rings is 1. The van der Waals surface area contributed by atoms with E-state index in [1.807, 2.05) is 0 Å². The molecule has 0 spiro atoms. The van der Waals surface area contributed by atoms with Crippen molar-refractivity contribution >= 4 is 21.6 Å². The Hall–Kier alpha value is -2.61. The van der Waals surface area contributed by atoms with E-state index in [9.17, 15) is 13.2 Å². The number of nitrogens with zero attached hydrogens (tertiary/aromatic N) is 1. The molecule has 3 rings (SSSR count). The fourth-order valence-electron chi connectivity index (χ4n) is 2.09. The van der Waals surface area contributed by atoms with Crippen LogP contribution in [0.2, 0.25) is 0 Å². The number of hydrogen-bond acceptors (Lipinski definition) is 5. The van der Waals surface area contributed by atoms with Crippen molar-refractivity contribution in [3.8, 4) is 11.6 Å². The van der Waals surface area contributed by atoms with Gasteiger partial charge in [0.05, 0.1) is 5.75 Å². The summed E-state index contributed by atoms with van der Waals surface area (Å²) in [5, 5.41) is 2.90. The Morgan fingerprint density at radius 2 is 1.96 bits per heavy atom. The minimum Gasteiger partial charge on any atom is -0.438 e. The van der Waals surface area contributed by atoms with Gasteiger partial charge in [-0.15, -0.1) is 0 Å². The van der Waals surface area contributed by atoms with E-state index in [1.54, 1.807) is 49.5 Å². The number of carbonyl (C=O) groups is 1. The maximum Gasteiger partial charge on any atom is 0.257 e. The summed E-state index contributed by atoms with van der Waals surface area (Å²) in [4.78, 5) is 16.4. The van der Waals surface area contributed by atoms with Crippen LogP contribution in [-0.2, 0) is 10.0 Å². The van der Waals surface area contributed by atoms with Crippen LogP contribution in [0.25, 0.3) is 0 Å². The lowest BCUT2D eigenvalue weighted by molar-refractivity contribution is 0.0948. The summed E-state index contributed by atoms with van der Waals surface area (Å²) < 4.78 is 31.3. The molecule has 0 radical (unpaired) electrons. The summed E-state index contributed by atoms with van der Waals surface area (Å²) in [5.74, 6) is 0.456. The molecule has 1 saturated carbocycles. The molecule has 1 aromatic carbocycles. The second kappa shape index (κ2) is 7.10. The first-order chi connectivity index (χ1) is 12.0. The van der Waals surface area contributed by atoms with E-state index in [0.717, 1.165) is 12.8 Å². The topological polar surface area (TPSA) is 97.4 Å². The van der Waals surface area contributed by atoms with Gasteiger partial charge >= 0.3 is 0 Å². The van der Waals surface area contributed by atoms with Crippen molar-refractivity contribution < 1.29 is 17.9 Å². The molecular weight excluding hydrogens is 342 g/mol. The minimum atomic E-state index is -3.32. The summed E-state index contributed by atoms with van der Waals surface area (Å²) in [7, 11) is -3.32. The largest absolute Gasteiger partial charge is 0.438 e. The SMILES string of the molecule is CCS(=O)(=O)Nc1ccc(Oc2ncccc2C(=O)NC2CC2)cc1. The van der Waals surface area contributed by atoms with Gasteiger partial charge in [-0.1, -0.05) is 0 Å². The molecule has 0 bridgehead atoms. The Labute approximate surface area is 146 Å². The molecule has 1 aliphatic carbocycles. The lowest BCUT2D eigenvalue weighted by atomic mass is 10.2. The number of carbonyl (C=O) groups excluding carboxylic acids is 1. The van der Waals surface area contributed by atoms with Gasteiger partial charge in [0.1, 0.15) is 11.3 Å². The van der Waals surface area contributed by atoms with Crippen LogP contribution >= 0.6 is 0 Å². The molecule has 8 heteroatoms. The van der Waals surface area contributed by atoms with E-state index >= 15 is 0 Å². The molecule has 1 amide bonds. The molecule has 25 heavy (non-hydrogen) atoms. The van der Waals surface area contributed by atoms with Crippen molar-refractivity contribution in [3.05, 3.63) is 48.2 Å². The number of anilines is 1. The Kier molecular flexibility index (Phi) is 4.89. The van der Waals surface area contributed by atoms with Gasteiger partial charge in [0.15, 0.2) is 0 Å². The van der Waals surface area contributed by atoms with Crippen molar-refractivity contribution in [2.45, 2.75) is 25.8 Å². The van der Waals surface area contributed by atoms with Gasteiger partial charge in [-0.05, 0) is 56.2 Å². The van der Waals surface area contributed by atoms with Crippen LogP contribution in [0.4, 0.5) is 5.69 Å². The highest BCUT2D eigenvalue weighted by molar-refractivity contribution is 7.92. The predicted octanol–water partition coefficient (Wildman–Crippen LogP) is 2.53. The second-order valence-electron chi connectivity index (χ2n) is 5.74. The van der Waals surface area contributed by atoms with Gasteiger partial charge in [-0.2, -0.15) is 0 Å². The zero-order chi connectivity index (χ0) is 17.9. The molecule has 7 nitrogen and oxygen atoms in total. The van der Waals surface area contributed by atoms with E-state index < -0.39 is 10.0 Å². The average Bonchev–Trinajstić information content (AvgIpc) is 3.41. The highest BCUT2D eigenvalue weighted by Gasteiger charge is 2.25. The highest BCUT2D eigenvalue weighted by Crippen LogP contribution is 2.26. The van der Waals surface area contributed by atoms with Crippen molar-refractivity contribution in [3.63, 3.8) is 0 Å². The molecule has 0 saturated heterocycles. The first-order valence-corrected chi connectivity index (χ1v) is 9.66. The van der Waals surface area contributed by atoms with Gasteiger partial charge in [0.25, 0.3) is 5.91 Å². The van der Waals surface area contributed by atoms with Crippen LogP contribution in [0.1, 0.15) is 30.1 Å². The van der Waals surface area contributed by atoms with Gasteiger partial charge in [0.2, 0.25) is 15.9 Å². The van der Waals surface area contributed by atoms with Crippen LogP contribution < -0.4 is 14.8 Å². The van der Waals surface area contributed by atoms with Crippen molar-refractivity contribution in [2.24, 2.45) is 0 Å². The molecule has 0 unspecified atom stereocenters. The van der Waals surface area contributed by atoms with Crippen LogP contribution in [0.5, 0.6) is 11.6 Å². The Bertz CT molecular complexity index is 862. The molecule has 2 N–H and O–H groups in total. The summed E-state index contributed by atoms with van der Waals surface area (Å²) in [6, 6.07) is 9.99. The maximum atomic E-state index is 12.2. The average molecular weight is 361 g/mol. The molecular formula is C17H19N3O4S. The molecule has 0 atom stereocenters. The van der Waals surface area contributed by atoms with Crippen LogP contribution in [0, 0.1) is 0 Å². The van der Waals surface area contributed by atoms with Crippen LogP contribution in [-0.4, -0.2) is 31.1 Å². The van der Waals surface area contributed by atoms with E-state index in [2.05, 4.69) is 15.0 Å². The number of aromatic nitrogens is 1. The lowest BCUT2D eigenvalue weighted by Gasteiger charge is -2.11. The normalized spacial score (nSPS) is 14.0. The molecule has 1 aliphatic rings. The minimum absolute atomic E-state index is 0.00134. The van der Waals surface area contributed by atoms with E-state index in [0.29, 0.717) is 17.0 Å². The van der Waals surface area contributed by atoms with Crippen LogP contribution in [0.15, 0.2) is 42.6 Å². The van der Waals surface area contributed by atoms with Gasteiger partial charge in [-0.25, -0.2) is 13.4 Å². The van der Waals surface area contributed by atoms with E-state index in [-0.39, 0.29) is 23.6 Å². The Morgan fingerprint density at radius 3 is 2.60 bits per heavy atom. The fraction of sp³-hybridized carbons (Fsp3) is 0.294. The van der Waals surface area contributed by atoms with E-state index in [4.69, 9.17) is 4.74 Å². The standard InChI is InChI=1S/C17H19N3O4S/c1-2-25(22,23)20-13-7-9-14(10-8-13)24-17-15(4-3-11-18-17)16(21)19-12-5-6-12/h3-4,7-12,20H,2,5-6H2,1H3,(H,19,21). The highest BCUT2D eigenvalue weighted by atomic mass is 32.2. The number of rotatable bonds is 7. The number of nitrogens with one attached hydrogen (secondary N) is 2. The summed E-state index contributed by atoms with van der Waals surface area (Å²) >= 11 is 0. The Balaban J connectivity index is 1.73. The number of hydrogen-bond donors (Lipinski definition) is 2. The fourth-order valence-corrected chi connectivity index (χ4v) is 2.73. The van der Waals surface area contributed by atoms with Crippen LogP contribution in [0.3, 0.4) is 0 Å². The smallest absolute Gasteiger partial charge is 0.257 e. The summed E-state index contributed by atoms with van der Waals surface area (Å²) in [6.07, 6.45) is 3.54. The third kappa shape index (κ3) is 4.69. The van der Waals surface area contributed by atoms with Gasteiger partial charge in [-0.3, -0.25) is 9.52 Å². The summed E-state index contributed by atoms with van der Waals surface area (Å²) in [6.45, 7) is 1.56. The molecule has 1 aromatic heterocycles. The van der Waals surface area contributed by atoms with Crippen molar-refractivity contribution in [1.29, 1.82) is 0 Å². The molecule has 1 fully saturated rings. The summed E-state index contributed by atoms with van der Waals surface area (Å²) in [5.41, 5.74) is 0.812. The third-order valence-electron chi connectivity index (χ3n) is 3.65. The van der Waals surface area contributed by atoms with Crippen molar-refractivity contribution in [1.82, 2.24) is 10.3 Å². The zero-order valence-corrected chi connectivity index (χ0v) is 14.5. The van der Waals surface area contributed by atoms with Crippen molar-refractivity contribution in [2.75, 3.05) is 10.5 Å². The number of ether oxygens (including phenoxy) is 1. The number of benzene rings is 1. The monoisotopic (exact) mass is 361 g/mol. The number of sulfonamides is 1. The Morgan fingerprint density at radius 1 is 1.24 bits per heavy atom. The lowest BCUT2D eigenvalue weighted by Crippen LogP contribution is -2.25. The molecule has 1 heterocycles. The van der Waals surface area contributed by atoms with Gasteiger partial charge < -0.3 is 10.1 Å². The second-order valence-corrected chi connectivity index (χ2v) is 7.75. The predicted molar refractivity (Wildman–Crippen MR) is 94.3 cm³/mol. The quantitative estimate of drug-likeness (QED) is 0.790. The first kappa shape index (κ1) is 17.2. The van der Waals surface area contributed by atoms with E-state index in [1.165, 1.54) is 0 Å². The molecule has 2 aromatic rings. The van der Waals surface area contributed by atoms with Gasteiger partial charge in [0, 0.05) is 17.9 Å².